The molecule has 0 aromatic carbocycles. The number of nitrogens with one attached hydrogen (secondary N) is 1. The number of amides is 1. The van der Waals surface area contributed by atoms with Crippen molar-refractivity contribution < 1.29 is 29.5 Å². The maximum atomic E-state index is 11.2. The Bertz CT molecular complexity index is 615. The first-order chi connectivity index (χ1) is 9.72. The number of carboxylic acid groups (broad SMARTS) is 2. The number of carboxylic acids is 2. The maximum absolute atomic E-state index is 11.2. The number of carbonyl (C=O) groups excluding carboxylic acids is 1. The first kappa shape index (κ1) is 15.8. The molecule has 0 saturated heterocycles. The number of aromatic nitrogens is 1. The van der Waals surface area contributed by atoms with E-state index in [9.17, 15) is 24.5 Å². The molecule has 0 fully saturated rings. The molecular formula is C10H10N4O7. The van der Waals surface area contributed by atoms with Gasteiger partial charge in [-0.05, 0) is 0 Å². The highest BCUT2D eigenvalue weighted by Gasteiger charge is 2.24. The summed E-state index contributed by atoms with van der Waals surface area (Å²) in [5, 5.41) is 30.3. The first-order valence-electron chi connectivity index (χ1n) is 5.37. The average molecular weight is 298 g/mol. The van der Waals surface area contributed by atoms with Crippen LogP contribution >= 0.6 is 0 Å². The Hall–Kier alpha value is -3.24. The number of primary amides is 1. The fourth-order valence-electron chi connectivity index (χ4n) is 1.40. The Labute approximate surface area is 116 Å². The van der Waals surface area contributed by atoms with Crippen LogP contribution in [0, 0.1) is 10.1 Å². The lowest BCUT2D eigenvalue weighted by molar-refractivity contribution is -0.385. The predicted molar refractivity (Wildman–Crippen MR) is 66.7 cm³/mol. The molecule has 1 aromatic heterocycles. The van der Waals surface area contributed by atoms with Crippen LogP contribution in [0.4, 0.5) is 11.5 Å². The largest absolute Gasteiger partial charge is 0.481 e. The van der Waals surface area contributed by atoms with E-state index in [2.05, 4.69) is 10.3 Å². The SMILES string of the molecule is NC(=O)c1cc([N+](=O)[O-])cnc1NC(CC(=O)O)C(=O)O. The molecule has 0 saturated carbocycles. The Kier molecular flexibility index (Phi) is 4.72. The number of nitrogens with zero attached hydrogens (tertiary/aromatic N) is 2. The minimum atomic E-state index is -1.57. The van der Waals surface area contributed by atoms with Crippen molar-refractivity contribution in [2.75, 3.05) is 5.32 Å². The minimum Gasteiger partial charge on any atom is -0.481 e. The third kappa shape index (κ3) is 4.12. The number of aliphatic carboxylic acids is 2. The van der Waals surface area contributed by atoms with Gasteiger partial charge in [0, 0.05) is 6.07 Å². The van der Waals surface area contributed by atoms with Crippen molar-refractivity contribution in [3.63, 3.8) is 0 Å². The van der Waals surface area contributed by atoms with E-state index in [0.29, 0.717) is 0 Å². The van der Waals surface area contributed by atoms with E-state index in [0.717, 1.165) is 12.3 Å². The van der Waals surface area contributed by atoms with Crippen LogP contribution in [0.5, 0.6) is 0 Å². The molecular weight excluding hydrogens is 288 g/mol. The van der Waals surface area contributed by atoms with Crippen molar-refractivity contribution in [3.05, 3.63) is 27.9 Å². The molecule has 0 spiro atoms. The van der Waals surface area contributed by atoms with E-state index in [4.69, 9.17) is 15.9 Å². The number of pyridine rings is 1. The van der Waals surface area contributed by atoms with E-state index < -0.39 is 46.5 Å². The smallest absolute Gasteiger partial charge is 0.326 e. The number of anilines is 1. The summed E-state index contributed by atoms with van der Waals surface area (Å²) in [6.07, 6.45) is 0.000649. The fraction of sp³-hybridized carbons (Fsp3) is 0.200. The van der Waals surface area contributed by atoms with Gasteiger partial charge in [-0.2, -0.15) is 0 Å². The summed E-state index contributed by atoms with van der Waals surface area (Å²) in [5.41, 5.74) is 4.10. The first-order valence-corrected chi connectivity index (χ1v) is 5.37. The van der Waals surface area contributed by atoms with Gasteiger partial charge in [-0.15, -0.1) is 0 Å². The zero-order valence-electron chi connectivity index (χ0n) is 10.3. The molecule has 1 unspecified atom stereocenters. The zero-order valence-corrected chi connectivity index (χ0v) is 10.3. The molecule has 1 atom stereocenters. The average Bonchev–Trinajstić information content (AvgIpc) is 2.37. The highest BCUT2D eigenvalue weighted by molar-refractivity contribution is 5.98. The Morgan fingerprint density at radius 1 is 1.43 bits per heavy atom. The summed E-state index contributed by atoms with van der Waals surface area (Å²) in [7, 11) is 0. The zero-order chi connectivity index (χ0) is 16.2. The predicted octanol–water partition coefficient (Wildman–Crippen LogP) is -0.571. The Morgan fingerprint density at radius 3 is 2.48 bits per heavy atom. The Morgan fingerprint density at radius 2 is 2.05 bits per heavy atom. The van der Waals surface area contributed by atoms with Crippen LogP contribution in [-0.2, 0) is 9.59 Å². The molecule has 0 aliphatic rings. The summed E-state index contributed by atoms with van der Waals surface area (Å²) in [6, 6.07) is -0.758. The van der Waals surface area contributed by atoms with E-state index >= 15 is 0 Å². The molecule has 0 bridgehead atoms. The van der Waals surface area contributed by atoms with Gasteiger partial charge in [0.25, 0.3) is 11.6 Å². The lowest BCUT2D eigenvalue weighted by Crippen LogP contribution is -2.33. The fourth-order valence-corrected chi connectivity index (χ4v) is 1.40. The summed E-state index contributed by atoms with van der Waals surface area (Å²) >= 11 is 0. The summed E-state index contributed by atoms with van der Waals surface area (Å²) in [5.74, 6) is -4.31. The van der Waals surface area contributed by atoms with Gasteiger partial charge >= 0.3 is 11.9 Å². The molecule has 1 heterocycles. The number of rotatable bonds is 7. The molecule has 112 valence electrons. The second kappa shape index (κ2) is 6.27. The van der Waals surface area contributed by atoms with Crippen LogP contribution in [0.25, 0.3) is 0 Å². The van der Waals surface area contributed by atoms with Gasteiger partial charge in [0.1, 0.15) is 18.1 Å². The second-order valence-corrected chi connectivity index (χ2v) is 3.84. The van der Waals surface area contributed by atoms with Crippen molar-refractivity contribution in [3.8, 4) is 0 Å². The third-order valence-electron chi connectivity index (χ3n) is 2.34. The molecule has 11 heteroatoms. The molecule has 0 radical (unpaired) electrons. The third-order valence-corrected chi connectivity index (χ3v) is 2.34. The van der Waals surface area contributed by atoms with E-state index in [1.54, 1.807) is 0 Å². The molecule has 0 aliphatic heterocycles. The van der Waals surface area contributed by atoms with Gasteiger partial charge in [0.15, 0.2) is 0 Å². The highest BCUT2D eigenvalue weighted by Crippen LogP contribution is 2.20. The summed E-state index contributed by atoms with van der Waals surface area (Å²) in [6.45, 7) is 0. The lowest BCUT2D eigenvalue weighted by Gasteiger charge is -2.14. The van der Waals surface area contributed by atoms with Crippen molar-refractivity contribution in [1.82, 2.24) is 4.98 Å². The number of carbonyl (C=O) groups is 3. The Balaban J connectivity index is 3.16. The van der Waals surface area contributed by atoms with Crippen molar-refractivity contribution in [2.24, 2.45) is 5.73 Å². The second-order valence-electron chi connectivity index (χ2n) is 3.84. The molecule has 1 amide bonds. The maximum Gasteiger partial charge on any atom is 0.326 e. The van der Waals surface area contributed by atoms with Gasteiger partial charge in [-0.3, -0.25) is 19.7 Å². The standard InChI is InChI=1S/C10H10N4O7/c11-8(17)5-1-4(14(20)21)3-12-9(5)13-6(10(18)19)2-7(15)16/h1,3,6H,2H2,(H2,11,17)(H,12,13)(H,15,16)(H,18,19). The van der Waals surface area contributed by atoms with Crippen LogP contribution in [0.15, 0.2) is 12.3 Å². The highest BCUT2D eigenvalue weighted by atomic mass is 16.6. The number of nitrogens with two attached hydrogens (primary N) is 1. The molecule has 21 heavy (non-hydrogen) atoms. The van der Waals surface area contributed by atoms with Crippen LogP contribution in [-0.4, -0.2) is 44.0 Å². The van der Waals surface area contributed by atoms with Gasteiger partial charge < -0.3 is 21.3 Å². The van der Waals surface area contributed by atoms with Crippen LogP contribution in [0.1, 0.15) is 16.8 Å². The minimum absolute atomic E-state index is 0.346. The van der Waals surface area contributed by atoms with Gasteiger partial charge in [-0.25, -0.2) is 9.78 Å². The topological polar surface area (TPSA) is 186 Å². The van der Waals surface area contributed by atoms with E-state index in [-0.39, 0.29) is 5.82 Å². The van der Waals surface area contributed by atoms with Crippen molar-refractivity contribution in [1.29, 1.82) is 0 Å². The lowest BCUT2D eigenvalue weighted by atomic mass is 10.1. The van der Waals surface area contributed by atoms with Gasteiger partial charge in [-0.1, -0.05) is 0 Å². The quantitative estimate of drug-likeness (QED) is 0.377. The molecule has 1 rings (SSSR count). The van der Waals surface area contributed by atoms with Crippen LogP contribution in [0.3, 0.4) is 0 Å². The number of hydrogen-bond donors (Lipinski definition) is 4. The monoisotopic (exact) mass is 298 g/mol. The van der Waals surface area contributed by atoms with E-state index in [1.165, 1.54) is 0 Å². The molecule has 0 aliphatic carbocycles. The number of hydrogen-bond acceptors (Lipinski definition) is 7. The summed E-state index contributed by atoms with van der Waals surface area (Å²) in [4.78, 5) is 46.0. The van der Waals surface area contributed by atoms with Gasteiger partial charge in [0.05, 0.1) is 16.9 Å². The van der Waals surface area contributed by atoms with Crippen LogP contribution in [0.2, 0.25) is 0 Å². The number of nitro groups is 1. The molecule has 5 N–H and O–H groups in total. The van der Waals surface area contributed by atoms with Gasteiger partial charge in [0.2, 0.25) is 0 Å². The van der Waals surface area contributed by atoms with Crippen LogP contribution < -0.4 is 11.1 Å². The molecule has 1 aromatic rings. The van der Waals surface area contributed by atoms with Crippen molar-refractivity contribution in [2.45, 2.75) is 12.5 Å². The summed E-state index contributed by atoms with van der Waals surface area (Å²) < 4.78 is 0. The molecule has 11 nitrogen and oxygen atoms in total. The van der Waals surface area contributed by atoms with E-state index in [1.807, 2.05) is 0 Å². The normalized spacial score (nSPS) is 11.4. The van der Waals surface area contributed by atoms with Crippen molar-refractivity contribution >= 4 is 29.4 Å².